The first-order valence-corrected chi connectivity index (χ1v) is 6.32. The van der Waals surface area contributed by atoms with Gasteiger partial charge in [0.15, 0.2) is 0 Å². The Hall–Kier alpha value is -0.440. The average Bonchev–Trinajstić information content (AvgIpc) is 2.25. The highest BCUT2D eigenvalue weighted by molar-refractivity contribution is 6.36. The maximum Gasteiger partial charge on any atom is 0.0741 e. The SMILES string of the molecule is OC1CCCCC1Nc1ccc(Cl)cc1Cl. The van der Waals surface area contributed by atoms with Crippen LogP contribution >= 0.6 is 23.2 Å². The molecule has 1 aromatic carbocycles. The monoisotopic (exact) mass is 259 g/mol. The summed E-state index contributed by atoms with van der Waals surface area (Å²) in [7, 11) is 0. The number of hydrogen-bond donors (Lipinski definition) is 2. The zero-order chi connectivity index (χ0) is 11.5. The summed E-state index contributed by atoms with van der Waals surface area (Å²) < 4.78 is 0. The van der Waals surface area contributed by atoms with Gasteiger partial charge in [-0.2, -0.15) is 0 Å². The van der Waals surface area contributed by atoms with Gasteiger partial charge < -0.3 is 10.4 Å². The minimum Gasteiger partial charge on any atom is -0.391 e. The summed E-state index contributed by atoms with van der Waals surface area (Å²) in [6.07, 6.45) is 3.83. The van der Waals surface area contributed by atoms with Crippen molar-refractivity contribution in [2.24, 2.45) is 0 Å². The number of nitrogens with one attached hydrogen (secondary N) is 1. The van der Waals surface area contributed by atoms with Crippen molar-refractivity contribution in [3.63, 3.8) is 0 Å². The lowest BCUT2D eigenvalue weighted by atomic mass is 9.92. The van der Waals surface area contributed by atoms with Crippen LogP contribution in [0.1, 0.15) is 25.7 Å². The Bertz CT molecular complexity index is 370. The number of aliphatic hydroxyl groups excluding tert-OH is 1. The van der Waals surface area contributed by atoms with E-state index in [1.54, 1.807) is 12.1 Å². The van der Waals surface area contributed by atoms with Gasteiger partial charge in [-0.05, 0) is 31.0 Å². The van der Waals surface area contributed by atoms with Crippen molar-refractivity contribution in [1.82, 2.24) is 0 Å². The van der Waals surface area contributed by atoms with Gasteiger partial charge in [0.2, 0.25) is 0 Å². The molecule has 2 rings (SSSR count). The van der Waals surface area contributed by atoms with Gasteiger partial charge in [-0.3, -0.25) is 0 Å². The van der Waals surface area contributed by atoms with E-state index in [1.165, 1.54) is 0 Å². The third kappa shape index (κ3) is 2.82. The molecule has 0 spiro atoms. The van der Waals surface area contributed by atoms with Crippen LogP contribution in [0.15, 0.2) is 18.2 Å². The second-order valence-corrected chi connectivity index (χ2v) is 5.07. The van der Waals surface area contributed by atoms with Crippen LogP contribution in [0.25, 0.3) is 0 Å². The van der Waals surface area contributed by atoms with Crippen molar-refractivity contribution in [3.8, 4) is 0 Å². The Morgan fingerprint density at radius 3 is 2.62 bits per heavy atom. The molecule has 1 aliphatic rings. The van der Waals surface area contributed by atoms with Gasteiger partial charge in [-0.25, -0.2) is 0 Å². The van der Waals surface area contributed by atoms with Gasteiger partial charge in [0, 0.05) is 5.02 Å². The Morgan fingerprint density at radius 1 is 1.19 bits per heavy atom. The Morgan fingerprint density at radius 2 is 1.94 bits per heavy atom. The highest BCUT2D eigenvalue weighted by Crippen LogP contribution is 2.29. The van der Waals surface area contributed by atoms with Crippen LogP contribution in [0.5, 0.6) is 0 Å². The number of hydrogen-bond acceptors (Lipinski definition) is 2. The predicted octanol–water partition coefficient (Wildman–Crippen LogP) is 3.71. The van der Waals surface area contributed by atoms with E-state index in [2.05, 4.69) is 5.32 Å². The van der Waals surface area contributed by atoms with Crippen LogP contribution in [0.2, 0.25) is 10.0 Å². The molecule has 2 unspecified atom stereocenters. The van der Waals surface area contributed by atoms with E-state index in [0.29, 0.717) is 10.0 Å². The number of rotatable bonds is 2. The van der Waals surface area contributed by atoms with Crippen LogP contribution in [-0.2, 0) is 0 Å². The second-order valence-electron chi connectivity index (χ2n) is 4.23. The van der Waals surface area contributed by atoms with Crippen LogP contribution in [-0.4, -0.2) is 17.3 Å². The topological polar surface area (TPSA) is 32.3 Å². The lowest BCUT2D eigenvalue weighted by Gasteiger charge is -2.29. The second kappa shape index (κ2) is 5.26. The summed E-state index contributed by atoms with van der Waals surface area (Å²) >= 11 is 11.9. The van der Waals surface area contributed by atoms with E-state index in [-0.39, 0.29) is 12.1 Å². The molecule has 0 heterocycles. The summed E-state index contributed by atoms with van der Waals surface area (Å²) in [6, 6.07) is 5.46. The number of anilines is 1. The molecule has 1 aromatic rings. The third-order valence-electron chi connectivity index (χ3n) is 3.00. The van der Waals surface area contributed by atoms with Crippen LogP contribution in [0.4, 0.5) is 5.69 Å². The molecule has 16 heavy (non-hydrogen) atoms. The molecule has 0 aliphatic heterocycles. The molecule has 4 heteroatoms. The first-order valence-electron chi connectivity index (χ1n) is 5.56. The van der Waals surface area contributed by atoms with E-state index in [1.807, 2.05) is 6.07 Å². The highest BCUT2D eigenvalue weighted by atomic mass is 35.5. The Balaban J connectivity index is 2.07. The fraction of sp³-hybridized carbons (Fsp3) is 0.500. The molecule has 88 valence electrons. The van der Waals surface area contributed by atoms with Crippen molar-refractivity contribution in [2.45, 2.75) is 37.8 Å². The maximum absolute atomic E-state index is 9.84. The molecule has 2 nitrogen and oxygen atoms in total. The standard InChI is InChI=1S/C12H15Cl2NO/c13-8-5-6-10(9(14)7-8)15-11-3-1-2-4-12(11)16/h5-7,11-12,15-16H,1-4H2. The van der Waals surface area contributed by atoms with E-state index in [4.69, 9.17) is 23.2 Å². The minimum atomic E-state index is -0.277. The molecule has 2 atom stereocenters. The fourth-order valence-electron chi connectivity index (χ4n) is 2.09. The molecular formula is C12H15Cl2NO. The van der Waals surface area contributed by atoms with E-state index >= 15 is 0 Å². The van der Waals surface area contributed by atoms with Crippen LogP contribution in [0, 0.1) is 0 Å². The predicted molar refractivity (Wildman–Crippen MR) is 68.3 cm³/mol. The summed E-state index contributed by atoms with van der Waals surface area (Å²) in [5, 5.41) is 14.4. The Labute approximate surface area is 106 Å². The van der Waals surface area contributed by atoms with Crippen LogP contribution in [0.3, 0.4) is 0 Å². The molecule has 0 saturated heterocycles. The van der Waals surface area contributed by atoms with Crippen molar-refractivity contribution in [3.05, 3.63) is 28.2 Å². The zero-order valence-corrected chi connectivity index (χ0v) is 10.4. The summed E-state index contributed by atoms with van der Waals surface area (Å²) in [4.78, 5) is 0. The summed E-state index contributed by atoms with van der Waals surface area (Å²) in [5.74, 6) is 0. The van der Waals surface area contributed by atoms with E-state index in [0.717, 1.165) is 31.4 Å². The van der Waals surface area contributed by atoms with Crippen molar-refractivity contribution in [1.29, 1.82) is 0 Å². The minimum absolute atomic E-state index is 0.104. The number of aliphatic hydroxyl groups is 1. The number of halogens is 2. The first-order chi connectivity index (χ1) is 7.66. The quantitative estimate of drug-likeness (QED) is 0.849. The van der Waals surface area contributed by atoms with Gasteiger partial charge in [0.05, 0.1) is 22.9 Å². The molecule has 0 bridgehead atoms. The molecule has 0 aromatic heterocycles. The molecule has 1 saturated carbocycles. The molecule has 1 fully saturated rings. The third-order valence-corrected chi connectivity index (χ3v) is 3.55. The normalized spacial score (nSPS) is 25.4. The van der Waals surface area contributed by atoms with Gasteiger partial charge in [-0.1, -0.05) is 36.0 Å². The lowest BCUT2D eigenvalue weighted by Crippen LogP contribution is -2.36. The van der Waals surface area contributed by atoms with Gasteiger partial charge >= 0.3 is 0 Å². The Kier molecular flexibility index (Phi) is 3.95. The largest absolute Gasteiger partial charge is 0.391 e. The van der Waals surface area contributed by atoms with Gasteiger partial charge in [0.1, 0.15) is 0 Å². The van der Waals surface area contributed by atoms with Gasteiger partial charge in [-0.15, -0.1) is 0 Å². The first kappa shape index (κ1) is 12.0. The molecule has 0 radical (unpaired) electrons. The van der Waals surface area contributed by atoms with Gasteiger partial charge in [0.25, 0.3) is 0 Å². The molecule has 0 amide bonds. The molecule has 2 N–H and O–H groups in total. The van der Waals surface area contributed by atoms with Crippen LogP contribution < -0.4 is 5.32 Å². The van der Waals surface area contributed by atoms with E-state index in [9.17, 15) is 5.11 Å². The molecular weight excluding hydrogens is 245 g/mol. The maximum atomic E-state index is 9.84. The van der Waals surface area contributed by atoms with E-state index < -0.39 is 0 Å². The summed E-state index contributed by atoms with van der Waals surface area (Å²) in [5.41, 5.74) is 0.844. The summed E-state index contributed by atoms with van der Waals surface area (Å²) in [6.45, 7) is 0. The molecule has 1 aliphatic carbocycles. The van der Waals surface area contributed by atoms with Crippen molar-refractivity contribution in [2.75, 3.05) is 5.32 Å². The highest BCUT2D eigenvalue weighted by Gasteiger charge is 2.23. The van der Waals surface area contributed by atoms with Crippen molar-refractivity contribution >= 4 is 28.9 Å². The zero-order valence-electron chi connectivity index (χ0n) is 8.92. The smallest absolute Gasteiger partial charge is 0.0741 e. The number of benzene rings is 1. The lowest BCUT2D eigenvalue weighted by molar-refractivity contribution is 0.116. The fourth-order valence-corrected chi connectivity index (χ4v) is 2.55. The van der Waals surface area contributed by atoms with Crippen molar-refractivity contribution < 1.29 is 5.11 Å². The average molecular weight is 260 g/mol.